The molecule has 13 heavy (non-hydrogen) atoms. The lowest BCUT2D eigenvalue weighted by molar-refractivity contribution is 0.226. The Kier molecular flexibility index (Phi) is 3.64. The smallest absolute Gasteiger partial charge is 0.144 e. The van der Waals surface area contributed by atoms with Gasteiger partial charge in [-0.05, 0) is 12.8 Å². The molecular weight excluding hydrogens is 166 g/mol. The van der Waals surface area contributed by atoms with E-state index in [2.05, 4.69) is 15.3 Å². The molecule has 1 heterocycles. The standard InChI is InChI=1S/C9H15N3O/c1-7(6-13)8(2)12-9-5-10-3-4-11-9/h3-5,7-8,13H,6H2,1-2H3,(H,11,12). The fraction of sp³-hybridized carbons (Fsp3) is 0.556. The normalized spacial score (nSPS) is 15.0. The molecule has 4 nitrogen and oxygen atoms in total. The highest BCUT2D eigenvalue weighted by molar-refractivity contribution is 5.31. The van der Waals surface area contributed by atoms with Crippen LogP contribution in [0.3, 0.4) is 0 Å². The molecule has 2 atom stereocenters. The minimum atomic E-state index is 0.175. The second kappa shape index (κ2) is 4.77. The Morgan fingerprint density at radius 1 is 1.46 bits per heavy atom. The molecule has 2 N–H and O–H groups in total. The third kappa shape index (κ3) is 2.99. The van der Waals surface area contributed by atoms with Crippen molar-refractivity contribution in [2.24, 2.45) is 5.92 Å². The molecule has 1 aromatic rings. The quantitative estimate of drug-likeness (QED) is 0.724. The Morgan fingerprint density at radius 2 is 2.23 bits per heavy atom. The summed E-state index contributed by atoms with van der Waals surface area (Å²) in [6.45, 7) is 4.16. The maximum Gasteiger partial charge on any atom is 0.144 e. The number of hydrogen-bond acceptors (Lipinski definition) is 4. The Hall–Kier alpha value is -1.16. The first-order chi connectivity index (χ1) is 6.24. The van der Waals surface area contributed by atoms with Gasteiger partial charge in [0.25, 0.3) is 0 Å². The van der Waals surface area contributed by atoms with E-state index in [9.17, 15) is 0 Å². The molecule has 0 aromatic carbocycles. The monoisotopic (exact) mass is 181 g/mol. The maximum atomic E-state index is 8.91. The van der Waals surface area contributed by atoms with E-state index in [0.29, 0.717) is 0 Å². The lowest BCUT2D eigenvalue weighted by Gasteiger charge is -2.19. The average molecular weight is 181 g/mol. The van der Waals surface area contributed by atoms with Crippen molar-refractivity contribution in [3.05, 3.63) is 18.6 Å². The molecule has 1 rings (SSSR count). The Balaban J connectivity index is 2.50. The van der Waals surface area contributed by atoms with E-state index in [4.69, 9.17) is 5.11 Å². The van der Waals surface area contributed by atoms with Gasteiger partial charge in [0, 0.05) is 25.0 Å². The van der Waals surface area contributed by atoms with Crippen LogP contribution in [0.5, 0.6) is 0 Å². The van der Waals surface area contributed by atoms with Crippen LogP contribution in [-0.2, 0) is 0 Å². The summed E-state index contributed by atoms with van der Waals surface area (Å²) in [5, 5.41) is 12.1. The SMILES string of the molecule is CC(CO)C(C)Nc1cnccn1. The number of aromatic nitrogens is 2. The van der Waals surface area contributed by atoms with Gasteiger partial charge in [0.1, 0.15) is 5.82 Å². The van der Waals surface area contributed by atoms with E-state index in [1.165, 1.54) is 0 Å². The molecule has 1 aromatic heterocycles. The van der Waals surface area contributed by atoms with Gasteiger partial charge in [0.05, 0.1) is 6.20 Å². The fourth-order valence-corrected chi connectivity index (χ4v) is 0.907. The topological polar surface area (TPSA) is 58.0 Å². The summed E-state index contributed by atoms with van der Waals surface area (Å²) in [5.74, 6) is 0.956. The highest BCUT2D eigenvalue weighted by atomic mass is 16.3. The van der Waals surface area contributed by atoms with Gasteiger partial charge in [-0.1, -0.05) is 6.92 Å². The van der Waals surface area contributed by atoms with Gasteiger partial charge in [-0.15, -0.1) is 0 Å². The maximum absolute atomic E-state index is 8.91. The molecule has 72 valence electrons. The van der Waals surface area contributed by atoms with Gasteiger partial charge in [0.15, 0.2) is 0 Å². The predicted octanol–water partition coefficient (Wildman–Crippen LogP) is 0.905. The third-order valence-electron chi connectivity index (χ3n) is 2.08. The van der Waals surface area contributed by atoms with Crippen molar-refractivity contribution in [2.45, 2.75) is 19.9 Å². The Morgan fingerprint density at radius 3 is 2.77 bits per heavy atom. The molecule has 0 amide bonds. The largest absolute Gasteiger partial charge is 0.396 e. The summed E-state index contributed by atoms with van der Waals surface area (Å²) in [4.78, 5) is 8.02. The number of anilines is 1. The summed E-state index contributed by atoms with van der Waals surface area (Å²) in [6, 6.07) is 0.196. The first-order valence-electron chi connectivity index (χ1n) is 4.37. The van der Waals surface area contributed by atoms with Crippen LogP contribution >= 0.6 is 0 Å². The van der Waals surface area contributed by atoms with Crippen LogP contribution in [0, 0.1) is 5.92 Å². The summed E-state index contributed by atoms with van der Waals surface area (Å²) in [5.41, 5.74) is 0. The van der Waals surface area contributed by atoms with Crippen molar-refractivity contribution in [2.75, 3.05) is 11.9 Å². The predicted molar refractivity (Wildman–Crippen MR) is 51.4 cm³/mol. The zero-order valence-electron chi connectivity index (χ0n) is 7.94. The second-order valence-corrected chi connectivity index (χ2v) is 3.18. The zero-order chi connectivity index (χ0) is 9.68. The highest BCUT2D eigenvalue weighted by Gasteiger charge is 2.10. The van der Waals surface area contributed by atoms with Crippen LogP contribution < -0.4 is 5.32 Å². The molecule has 0 spiro atoms. The fourth-order valence-electron chi connectivity index (χ4n) is 0.907. The first-order valence-corrected chi connectivity index (χ1v) is 4.37. The summed E-state index contributed by atoms with van der Waals surface area (Å²) in [7, 11) is 0. The van der Waals surface area contributed by atoms with Crippen LogP contribution in [0.4, 0.5) is 5.82 Å². The third-order valence-corrected chi connectivity index (χ3v) is 2.08. The van der Waals surface area contributed by atoms with Crippen molar-refractivity contribution in [1.82, 2.24) is 9.97 Å². The van der Waals surface area contributed by atoms with Crippen LogP contribution in [0.25, 0.3) is 0 Å². The lowest BCUT2D eigenvalue weighted by atomic mass is 10.1. The van der Waals surface area contributed by atoms with Crippen molar-refractivity contribution >= 4 is 5.82 Å². The highest BCUT2D eigenvalue weighted by Crippen LogP contribution is 2.07. The molecule has 0 aliphatic heterocycles. The minimum absolute atomic E-state index is 0.175. The van der Waals surface area contributed by atoms with Gasteiger partial charge in [0.2, 0.25) is 0 Å². The number of rotatable bonds is 4. The number of aliphatic hydroxyl groups is 1. The molecule has 4 heteroatoms. The van der Waals surface area contributed by atoms with Crippen LogP contribution in [0.15, 0.2) is 18.6 Å². The van der Waals surface area contributed by atoms with Crippen LogP contribution in [-0.4, -0.2) is 27.7 Å². The average Bonchev–Trinajstić information content (AvgIpc) is 2.18. The van der Waals surface area contributed by atoms with Crippen molar-refractivity contribution in [1.29, 1.82) is 0 Å². The molecule has 0 bridgehead atoms. The Bertz CT molecular complexity index is 240. The first kappa shape index (κ1) is 9.92. The molecular formula is C9H15N3O. The van der Waals surface area contributed by atoms with Gasteiger partial charge in [-0.3, -0.25) is 4.98 Å². The summed E-state index contributed by atoms with van der Waals surface area (Å²) < 4.78 is 0. The molecule has 0 aliphatic carbocycles. The van der Waals surface area contributed by atoms with E-state index in [1.54, 1.807) is 18.6 Å². The van der Waals surface area contributed by atoms with Crippen molar-refractivity contribution in [3.63, 3.8) is 0 Å². The van der Waals surface area contributed by atoms with E-state index >= 15 is 0 Å². The van der Waals surface area contributed by atoms with Gasteiger partial charge >= 0.3 is 0 Å². The summed E-state index contributed by atoms with van der Waals surface area (Å²) >= 11 is 0. The van der Waals surface area contributed by atoms with E-state index in [-0.39, 0.29) is 18.6 Å². The minimum Gasteiger partial charge on any atom is -0.396 e. The van der Waals surface area contributed by atoms with Crippen LogP contribution in [0.2, 0.25) is 0 Å². The number of aliphatic hydroxyl groups excluding tert-OH is 1. The molecule has 0 fully saturated rings. The molecule has 0 saturated carbocycles. The van der Waals surface area contributed by atoms with Crippen molar-refractivity contribution < 1.29 is 5.11 Å². The molecule has 0 aliphatic rings. The number of nitrogens with one attached hydrogen (secondary N) is 1. The molecule has 0 radical (unpaired) electrons. The van der Waals surface area contributed by atoms with E-state index in [1.807, 2.05) is 13.8 Å². The van der Waals surface area contributed by atoms with E-state index < -0.39 is 0 Å². The second-order valence-electron chi connectivity index (χ2n) is 3.18. The number of nitrogens with zero attached hydrogens (tertiary/aromatic N) is 2. The zero-order valence-corrected chi connectivity index (χ0v) is 7.94. The lowest BCUT2D eigenvalue weighted by Crippen LogP contribution is -2.26. The number of hydrogen-bond donors (Lipinski definition) is 2. The Labute approximate surface area is 78.0 Å². The van der Waals surface area contributed by atoms with Crippen LogP contribution in [0.1, 0.15) is 13.8 Å². The molecule has 0 saturated heterocycles. The van der Waals surface area contributed by atoms with Gasteiger partial charge < -0.3 is 10.4 Å². The van der Waals surface area contributed by atoms with Crippen molar-refractivity contribution in [3.8, 4) is 0 Å². The molecule has 2 unspecified atom stereocenters. The summed E-state index contributed by atoms with van der Waals surface area (Å²) in [6.07, 6.45) is 4.94. The van der Waals surface area contributed by atoms with E-state index in [0.717, 1.165) is 5.82 Å². The van der Waals surface area contributed by atoms with Gasteiger partial charge in [-0.25, -0.2) is 4.98 Å². The van der Waals surface area contributed by atoms with Gasteiger partial charge in [-0.2, -0.15) is 0 Å².